The van der Waals surface area contributed by atoms with E-state index in [0.29, 0.717) is 18.1 Å². The Balaban J connectivity index is 1.93. The molecule has 1 fully saturated rings. The van der Waals surface area contributed by atoms with Gasteiger partial charge in [0.15, 0.2) is 0 Å². The first-order valence-electron chi connectivity index (χ1n) is 7.61. The summed E-state index contributed by atoms with van der Waals surface area (Å²) in [6.45, 7) is 7.74. The summed E-state index contributed by atoms with van der Waals surface area (Å²) in [7, 11) is 2.15. The predicted octanol–water partition coefficient (Wildman–Crippen LogP) is 2.41. The van der Waals surface area contributed by atoms with E-state index in [1.54, 1.807) is 12.1 Å². The molecule has 1 aromatic rings. The first-order chi connectivity index (χ1) is 10.1. The zero-order valence-electron chi connectivity index (χ0n) is 12.9. The van der Waals surface area contributed by atoms with E-state index in [1.165, 1.54) is 0 Å². The van der Waals surface area contributed by atoms with Crippen molar-refractivity contribution in [3.8, 4) is 5.75 Å². The van der Waals surface area contributed by atoms with Crippen LogP contribution in [0.2, 0.25) is 5.02 Å². The van der Waals surface area contributed by atoms with Crippen LogP contribution < -0.4 is 4.74 Å². The second-order valence-electron chi connectivity index (χ2n) is 5.56. The van der Waals surface area contributed by atoms with Crippen LogP contribution in [0, 0.1) is 0 Å². The molecule has 0 radical (unpaired) electrons. The molecule has 1 unspecified atom stereocenters. The minimum atomic E-state index is -0.537. The van der Waals surface area contributed by atoms with E-state index in [0.717, 1.165) is 44.0 Å². The van der Waals surface area contributed by atoms with Gasteiger partial charge in [-0.1, -0.05) is 11.6 Å². The number of rotatable bonds is 6. The smallest absolute Gasteiger partial charge is 0.125 e. The van der Waals surface area contributed by atoms with Gasteiger partial charge >= 0.3 is 0 Å². The minimum absolute atomic E-state index is 0.537. The van der Waals surface area contributed by atoms with Crippen LogP contribution in [-0.2, 0) is 0 Å². The molecule has 0 aromatic heterocycles. The molecule has 1 N–H and O–H groups in total. The number of benzene rings is 1. The zero-order valence-corrected chi connectivity index (χ0v) is 13.6. The van der Waals surface area contributed by atoms with Crippen molar-refractivity contribution in [2.24, 2.45) is 0 Å². The fourth-order valence-corrected chi connectivity index (χ4v) is 2.78. The monoisotopic (exact) mass is 312 g/mol. The number of nitrogens with zero attached hydrogens (tertiary/aromatic N) is 2. The Morgan fingerprint density at radius 3 is 2.67 bits per heavy atom. The first kappa shape index (κ1) is 16.6. The highest BCUT2D eigenvalue weighted by Crippen LogP contribution is 2.30. The molecule has 1 aliphatic rings. The van der Waals surface area contributed by atoms with Gasteiger partial charge < -0.3 is 19.6 Å². The molecule has 0 spiro atoms. The quantitative estimate of drug-likeness (QED) is 0.875. The van der Waals surface area contributed by atoms with E-state index in [4.69, 9.17) is 16.3 Å². The summed E-state index contributed by atoms with van der Waals surface area (Å²) in [4.78, 5) is 4.73. The second-order valence-corrected chi connectivity index (χ2v) is 6.00. The summed E-state index contributed by atoms with van der Waals surface area (Å²) < 4.78 is 5.58. The molecule has 1 atom stereocenters. The van der Waals surface area contributed by atoms with Crippen molar-refractivity contribution in [3.05, 3.63) is 28.8 Å². The third-order valence-corrected chi connectivity index (χ3v) is 4.18. The molecule has 5 heteroatoms. The maximum Gasteiger partial charge on any atom is 0.125 e. The lowest BCUT2D eigenvalue weighted by molar-refractivity contribution is 0.111. The fourth-order valence-electron chi connectivity index (χ4n) is 2.60. The van der Waals surface area contributed by atoms with Gasteiger partial charge in [-0.15, -0.1) is 0 Å². The molecule has 1 aromatic carbocycles. The standard InChI is InChI=1S/C16H25ClN2O2/c1-3-21-16-5-4-13(17)12-14(16)15(20)6-7-19-10-8-18(2)9-11-19/h4-5,12,15,20H,3,6-11H2,1-2H3. The van der Waals surface area contributed by atoms with Crippen molar-refractivity contribution < 1.29 is 9.84 Å². The second kappa shape index (κ2) is 7.99. The molecule has 118 valence electrons. The van der Waals surface area contributed by atoms with Crippen molar-refractivity contribution in [1.29, 1.82) is 0 Å². The summed E-state index contributed by atoms with van der Waals surface area (Å²) in [6, 6.07) is 5.44. The topological polar surface area (TPSA) is 35.9 Å². The SMILES string of the molecule is CCOc1ccc(Cl)cc1C(O)CCN1CCN(C)CC1. The van der Waals surface area contributed by atoms with Gasteiger partial charge in [-0.05, 0) is 38.6 Å². The highest BCUT2D eigenvalue weighted by atomic mass is 35.5. The highest BCUT2D eigenvalue weighted by molar-refractivity contribution is 6.30. The van der Waals surface area contributed by atoms with Crippen LogP contribution in [0.15, 0.2) is 18.2 Å². The average Bonchev–Trinajstić information content (AvgIpc) is 2.48. The van der Waals surface area contributed by atoms with Crippen molar-refractivity contribution in [2.45, 2.75) is 19.4 Å². The summed E-state index contributed by atoms with van der Waals surface area (Å²) in [5.41, 5.74) is 0.790. The van der Waals surface area contributed by atoms with Crippen LogP contribution in [0.5, 0.6) is 5.75 Å². The van der Waals surface area contributed by atoms with E-state index in [-0.39, 0.29) is 0 Å². The van der Waals surface area contributed by atoms with Crippen LogP contribution in [0.1, 0.15) is 25.0 Å². The summed E-state index contributed by atoms with van der Waals surface area (Å²) >= 11 is 6.04. The van der Waals surface area contributed by atoms with E-state index in [1.807, 2.05) is 13.0 Å². The summed E-state index contributed by atoms with van der Waals surface area (Å²) in [5, 5.41) is 11.1. The molecule has 1 saturated heterocycles. The molecule has 1 aliphatic heterocycles. The van der Waals surface area contributed by atoms with E-state index in [9.17, 15) is 5.11 Å². The van der Waals surface area contributed by atoms with E-state index >= 15 is 0 Å². The van der Waals surface area contributed by atoms with Gasteiger partial charge in [-0.2, -0.15) is 0 Å². The van der Waals surface area contributed by atoms with Crippen LogP contribution >= 0.6 is 11.6 Å². The Labute approximate surface area is 132 Å². The third kappa shape index (κ3) is 4.85. The molecule has 0 amide bonds. The Morgan fingerprint density at radius 1 is 1.29 bits per heavy atom. The third-order valence-electron chi connectivity index (χ3n) is 3.95. The maximum atomic E-state index is 10.5. The molecule has 21 heavy (non-hydrogen) atoms. The van der Waals surface area contributed by atoms with Crippen LogP contribution in [0.3, 0.4) is 0 Å². The number of aliphatic hydroxyl groups excluding tert-OH is 1. The Hall–Kier alpha value is -0.810. The van der Waals surface area contributed by atoms with Gasteiger partial charge in [0, 0.05) is 43.3 Å². The number of aliphatic hydroxyl groups is 1. The molecule has 0 saturated carbocycles. The Morgan fingerprint density at radius 2 is 2.00 bits per heavy atom. The number of hydrogen-bond acceptors (Lipinski definition) is 4. The van der Waals surface area contributed by atoms with E-state index < -0.39 is 6.10 Å². The van der Waals surface area contributed by atoms with Gasteiger partial charge in [0.05, 0.1) is 12.7 Å². The van der Waals surface area contributed by atoms with Gasteiger partial charge in [-0.25, -0.2) is 0 Å². The van der Waals surface area contributed by atoms with Gasteiger partial charge in [0.25, 0.3) is 0 Å². The zero-order chi connectivity index (χ0) is 15.2. The molecule has 1 heterocycles. The number of likely N-dealkylation sites (N-methyl/N-ethyl adjacent to an activating group) is 1. The van der Waals surface area contributed by atoms with Crippen molar-refractivity contribution in [3.63, 3.8) is 0 Å². The highest BCUT2D eigenvalue weighted by Gasteiger charge is 2.18. The molecule has 2 rings (SSSR count). The first-order valence-corrected chi connectivity index (χ1v) is 7.99. The number of hydrogen-bond donors (Lipinski definition) is 1. The van der Waals surface area contributed by atoms with Crippen molar-refractivity contribution in [2.75, 3.05) is 46.4 Å². The van der Waals surface area contributed by atoms with Crippen LogP contribution in [0.25, 0.3) is 0 Å². The Bertz CT molecular complexity index is 448. The van der Waals surface area contributed by atoms with Gasteiger partial charge in [0.2, 0.25) is 0 Å². The number of ether oxygens (including phenoxy) is 1. The van der Waals surface area contributed by atoms with Crippen molar-refractivity contribution >= 4 is 11.6 Å². The lowest BCUT2D eigenvalue weighted by Crippen LogP contribution is -2.44. The summed E-state index contributed by atoms with van der Waals surface area (Å²) in [5.74, 6) is 0.729. The maximum absolute atomic E-state index is 10.5. The largest absolute Gasteiger partial charge is 0.493 e. The fraction of sp³-hybridized carbons (Fsp3) is 0.625. The van der Waals surface area contributed by atoms with Gasteiger partial charge in [0.1, 0.15) is 5.75 Å². The minimum Gasteiger partial charge on any atom is -0.493 e. The lowest BCUT2D eigenvalue weighted by Gasteiger charge is -2.32. The molecule has 4 nitrogen and oxygen atoms in total. The number of halogens is 1. The molecular weight excluding hydrogens is 288 g/mol. The van der Waals surface area contributed by atoms with Crippen molar-refractivity contribution in [1.82, 2.24) is 9.80 Å². The summed E-state index contributed by atoms with van der Waals surface area (Å²) in [6.07, 6.45) is 0.161. The predicted molar refractivity (Wildman–Crippen MR) is 86.1 cm³/mol. The number of piperazine rings is 1. The normalized spacial score (nSPS) is 18.7. The van der Waals surface area contributed by atoms with E-state index in [2.05, 4.69) is 16.8 Å². The molecular formula is C16H25ClN2O2. The average molecular weight is 313 g/mol. The molecule has 0 bridgehead atoms. The molecule has 0 aliphatic carbocycles. The lowest BCUT2D eigenvalue weighted by atomic mass is 10.0. The van der Waals surface area contributed by atoms with Crippen LogP contribution in [0.4, 0.5) is 0 Å². The van der Waals surface area contributed by atoms with Gasteiger partial charge in [-0.3, -0.25) is 0 Å². The van der Waals surface area contributed by atoms with Crippen LogP contribution in [-0.4, -0.2) is 61.3 Å². The Kier molecular flexibility index (Phi) is 6.30.